The van der Waals surface area contributed by atoms with Crippen molar-refractivity contribution >= 4 is 0 Å². The fraction of sp³-hybridized carbons (Fsp3) is 0.462. The highest BCUT2D eigenvalue weighted by Crippen LogP contribution is 2.21. The summed E-state index contributed by atoms with van der Waals surface area (Å²) in [6.45, 7) is 0. The monoisotopic (exact) mass is 188 g/mol. The molecule has 0 aliphatic heterocycles. The summed E-state index contributed by atoms with van der Waals surface area (Å²) in [7, 11) is 0. The van der Waals surface area contributed by atoms with Crippen molar-refractivity contribution in [3.63, 3.8) is 0 Å². The van der Waals surface area contributed by atoms with Gasteiger partial charge < -0.3 is 4.74 Å². The van der Waals surface area contributed by atoms with Crippen LogP contribution in [0.25, 0.3) is 0 Å². The second kappa shape index (κ2) is 5.04. The zero-order valence-corrected chi connectivity index (χ0v) is 8.41. The van der Waals surface area contributed by atoms with Gasteiger partial charge in [-0.25, -0.2) is 0 Å². The van der Waals surface area contributed by atoms with E-state index in [4.69, 9.17) is 4.74 Å². The standard InChI is InChI=1S/C13H16O/c1-2-5-9-12(8-4-1)14-13-10-6-3-7-11-13/h1,3,6-7,10,12H,2,4-5,8-9H2. The molecule has 0 saturated heterocycles. The Hall–Kier alpha value is -0.980. The van der Waals surface area contributed by atoms with Crippen LogP contribution in [0.15, 0.2) is 24.3 Å². The molecule has 0 bridgehead atoms. The van der Waals surface area contributed by atoms with Crippen molar-refractivity contribution in [2.45, 2.75) is 38.2 Å². The van der Waals surface area contributed by atoms with E-state index in [1.807, 2.05) is 24.3 Å². The molecule has 1 aromatic carbocycles. The van der Waals surface area contributed by atoms with Gasteiger partial charge in [0.2, 0.25) is 0 Å². The van der Waals surface area contributed by atoms with Crippen LogP contribution >= 0.6 is 0 Å². The quantitative estimate of drug-likeness (QED) is 0.646. The van der Waals surface area contributed by atoms with Crippen molar-refractivity contribution in [3.05, 3.63) is 36.8 Å². The third-order valence-corrected chi connectivity index (χ3v) is 2.60. The number of para-hydroxylation sites is 1. The Bertz CT molecular complexity index is 247. The first-order valence-corrected chi connectivity index (χ1v) is 5.40. The molecule has 1 heteroatoms. The first kappa shape index (κ1) is 9.57. The van der Waals surface area contributed by atoms with Crippen LogP contribution in [0.4, 0.5) is 0 Å². The summed E-state index contributed by atoms with van der Waals surface area (Å²) < 4.78 is 5.86. The first-order chi connectivity index (χ1) is 6.95. The van der Waals surface area contributed by atoms with E-state index in [0.29, 0.717) is 6.10 Å². The van der Waals surface area contributed by atoms with E-state index in [1.165, 1.54) is 25.7 Å². The summed E-state index contributed by atoms with van der Waals surface area (Å²) in [6.07, 6.45) is 8.81. The Balaban J connectivity index is 1.90. The number of rotatable bonds is 2. The number of hydrogen-bond donors (Lipinski definition) is 0. The van der Waals surface area contributed by atoms with Crippen LogP contribution in [0.3, 0.4) is 0 Å². The Morgan fingerprint density at radius 3 is 3.07 bits per heavy atom. The minimum Gasteiger partial charge on any atom is -0.490 e. The summed E-state index contributed by atoms with van der Waals surface area (Å²) in [5.41, 5.74) is 0. The molecule has 0 spiro atoms. The van der Waals surface area contributed by atoms with Crippen LogP contribution in [0, 0.1) is 12.5 Å². The normalized spacial score (nSPS) is 18.9. The molecule has 1 saturated carbocycles. The molecule has 1 fully saturated rings. The number of ether oxygens (including phenoxy) is 1. The molecule has 0 heterocycles. The maximum Gasteiger partial charge on any atom is 0.127 e. The summed E-state index contributed by atoms with van der Waals surface area (Å²) in [4.78, 5) is 0. The predicted octanol–water partition coefficient (Wildman–Crippen LogP) is 3.40. The second-order valence-corrected chi connectivity index (χ2v) is 3.76. The largest absolute Gasteiger partial charge is 0.490 e. The van der Waals surface area contributed by atoms with Gasteiger partial charge in [-0.1, -0.05) is 24.6 Å². The molecule has 1 aliphatic rings. The smallest absolute Gasteiger partial charge is 0.127 e. The number of benzene rings is 1. The van der Waals surface area contributed by atoms with Crippen molar-refractivity contribution in [2.24, 2.45) is 0 Å². The molecule has 1 atom stereocenters. The third-order valence-electron chi connectivity index (χ3n) is 2.60. The second-order valence-electron chi connectivity index (χ2n) is 3.76. The van der Waals surface area contributed by atoms with E-state index >= 15 is 0 Å². The molecule has 0 aromatic heterocycles. The lowest BCUT2D eigenvalue weighted by Gasteiger charge is -2.16. The van der Waals surface area contributed by atoms with Gasteiger partial charge >= 0.3 is 0 Å². The van der Waals surface area contributed by atoms with Crippen LogP contribution in [0.2, 0.25) is 0 Å². The Morgan fingerprint density at radius 1 is 1.21 bits per heavy atom. The van der Waals surface area contributed by atoms with Crippen molar-refractivity contribution in [3.8, 4) is 5.75 Å². The van der Waals surface area contributed by atoms with E-state index in [0.717, 1.165) is 12.2 Å². The predicted molar refractivity (Wildman–Crippen MR) is 57.1 cm³/mol. The molecule has 1 aliphatic carbocycles. The van der Waals surface area contributed by atoms with E-state index in [1.54, 1.807) is 0 Å². The van der Waals surface area contributed by atoms with Gasteiger partial charge in [-0.05, 0) is 38.2 Å². The third kappa shape index (κ3) is 2.76. The molecule has 14 heavy (non-hydrogen) atoms. The van der Waals surface area contributed by atoms with E-state index in [-0.39, 0.29) is 0 Å². The zero-order valence-electron chi connectivity index (χ0n) is 8.41. The molecular formula is C13H16O. The van der Waals surface area contributed by atoms with Crippen molar-refractivity contribution in [2.75, 3.05) is 0 Å². The minimum atomic E-state index is 0.396. The van der Waals surface area contributed by atoms with Gasteiger partial charge in [0.25, 0.3) is 0 Å². The molecule has 0 N–H and O–H groups in total. The molecule has 74 valence electrons. The van der Waals surface area contributed by atoms with Crippen molar-refractivity contribution < 1.29 is 4.74 Å². The average Bonchev–Trinajstić information content (AvgIpc) is 2.48. The summed E-state index contributed by atoms with van der Waals surface area (Å²) >= 11 is 0. The van der Waals surface area contributed by atoms with Gasteiger partial charge in [-0.3, -0.25) is 0 Å². The molecular weight excluding hydrogens is 172 g/mol. The van der Waals surface area contributed by atoms with Gasteiger partial charge in [0.15, 0.2) is 0 Å². The number of hydrogen-bond acceptors (Lipinski definition) is 1. The molecule has 1 unspecified atom stereocenters. The SMILES string of the molecule is [c]1ccccc1OC1CC[CH]CCC1. The van der Waals surface area contributed by atoms with Crippen LogP contribution in [0.1, 0.15) is 32.1 Å². The Morgan fingerprint density at radius 2 is 2.21 bits per heavy atom. The summed E-state index contributed by atoms with van der Waals surface area (Å²) in [5, 5.41) is 0. The fourth-order valence-electron chi connectivity index (χ4n) is 1.83. The van der Waals surface area contributed by atoms with Gasteiger partial charge in [-0.15, -0.1) is 0 Å². The maximum atomic E-state index is 5.86. The minimum absolute atomic E-state index is 0.396. The lowest BCUT2D eigenvalue weighted by Crippen LogP contribution is -2.14. The van der Waals surface area contributed by atoms with E-state index in [9.17, 15) is 0 Å². The summed E-state index contributed by atoms with van der Waals surface area (Å²) in [6, 6.07) is 10.9. The highest BCUT2D eigenvalue weighted by Gasteiger charge is 2.13. The Labute approximate surface area is 86.1 Å². The molecule has 0 amide bonds. The topological polar surface area (TPSA) is 9.23 Å². The van der Waals surface area contributed by atoms with Crippen LogP contribution in [0.5, 0.6) is 5.75 Å². The average molecular weight is 188 g/mol. The van der Waals surface area contributed by atoms with Crippen LogP contribution < -0.4 is 4.74 Å². The maximum absolute atomic E-state index is 5.86. The summed E-state index contributed by atoms with van der Waals surface area (Å²) in [5.74, 6) is 0.888. The van der Waals surface area contributed by atoms with Crippen LogP contribution in [-0.4, -0.2) is 6.10 Å². The lowest BCUT2D eigenvalue weighted by atomic mass is 10.1. The van der Waals surface area contributed by atoms with Gasteiger partial charge in [0.1, 0.15) is 5.75 Å². The highest BCUT2D eigenvalue weighted by molar-refractivity contribution is 5.19. The Kier molecular flexibility index (Phi) is 3.44. The van der Waals surface area contributed by atoms with Crippen LogP contribution in [-0.2, 0) is 0 Å². The van der Waals surface area contributed by atoms with Gasteiger partial charge in [0.05, 0.1) is 6.10 Å². The first-order valence-electron chi connectivity index (χ1n) is 5.40. The lowest BCUT2D eigenvalue weighted by molar-refractivity contribution is 0.184. The molecule has 2 radical (unpaired) electrons. The fourth-order valence-corrected chi connectivity index (χ4v) is 1.83. The molecule has 1 aromatic rings. The van der Waals surface area contributed by atoms with E-state index < -0.39 is 0 Å². The van der Waals surface area contributed by atoms with Gasteiger partial charge in [-0.2, -0.15) is 0 Å². The molecule has 1 nitrogen and oxygen atoms in total. The molecule has 2 rings (SSSR count). The highest BCUT2D eigenvalue weighted by atomic mass is 16.5. The van der Waals surface area contributed by atoms with Crippen molar-refractivity contribution in [1.82, 2.24) is 0 Å². The van der Waals surface area contributed by atoms with Crippen molar-refractivity contribution in [1.29, 1.82) is 0 Å². The van der Waals surface area contributed by atoms with Gasteiger partial charge in [0, 0.05) is 6.07 Å². The van der Waals surface area contributed by atoms with E-state index in [2.05, 4.69) is 12.5 Å². The zero-order chi connectivity index (χ0) is 9.64.